The van der Waals surface area contributed by atoms with E-state index < -0.39 is 6.04 Å². The van der Waals surface area contributed by atoms with Crippen LogP contribution in [0.3, 0.4) is 0 Å². The molecule has 1 amide bonds. The van der Waals surface area contributed by atoms with Crippen LogP contribution in [0.1, 0.15) is 30.9 Å². The Kier molecular flexibility index (Phi) is 3.96. The van der Waals surface area contributed by atoms with Crippen molar-refractivity contribution in [1.29, 1.82) is 5.26 Å². The molecule has 1 aliphatic carbocycles. The number of rotatable bonds is 5. The van der Waals surface area contributed by atoms with E-state index in [9.17, 15) is 4.79 Å². The minimum absolute atomic E-state index is 0.0704. The molecule has 0 heterocycles. The van der Waals surface area contributed by atoms with Gasteiger partial charge in [0.2, 0.25) is 5.91 Å². The molecule has 1 saturated carbocycles. The van der Waals surface area contributed by atoms with Gasteiger partial charge in [-0.05, 0) is 18.4 Å². The highest BCUT2D eigenvalue weighted by Crippen LogP contribution is 2.29. The van der Waals surface area contributed by atoms with Crippen LogP contribution in [0.15, 0.2) is 30.3 Å². The van der Waals surface area contributed by atoms with Gasteiger partial charge in [0.1, 0.15) is 6.04 Å². The smallest absolute Gasteiger partial charge is 0.244 e. The average Bonchev–Trinajstić information content (AvgIpc) is 3.24. The molecule has 2 rings (SSSR count). The fraction of sp³-hybridized carbons (Fsp3) is 0.429. The van der Waals surface area contributed by atoms with Crippen LogP contribution in [0.2, 0.25) is 0 Å². The maximum atomic E-state index is 12.3. The molecule has 0 saturated heterocycles. The second-order valence-electron chi connectivity index (χ2n) is 4.56. The van der Waals surface area contributed by atoms with Crippen LogP contribution in [-0.2, 0) is 4.79 Å². The Labute approximate surface area is 107 Å². The zero-order chi connectivity index (χ0) is 13.0. The Bertz CT molecular complexity index is 448. The topological polar surface area (TPSA) is 70.1 Å². The first-order chi connectivity index (χ1) is 8.74. The van der Waals surface area contributed by atoms with E-state index in [-0.39, 0.29) is 5.91 Å². The second kappa shape index (κ2) is 5.65. The molecule has 0 bridgehead atoms. The van der Waals surface area contributed by atoms with Crippen molar-refractivity contribution in [2.75, 3.05) is 6.54 Å². The molecular weight excluding hydrogens is 226 g/mol. The van der Waals surface area contributed by atoms with E-state index in [1.54, 1.807) is 4.90 Å². The molecule has 1 fully saturated rings. The van der Waals surface area contributed by atoms with Gasteiger partial charge in [-0.2, -0.15) is 5.26 Å². The van der Waals surface area contributed by atoms with Crippen molar-refractivity contribution in [3.05, 3.63) is 35.9 Å². The largest absolute Gasteiger partial charge is 0.337 e. The summed E-state index contributed by atoms with van der Waals surface area (Å²) >= 11 is 0. The lowest BCUT2D eigenvalue weighted by atomic mass is 10.1. The predicted octanol–water partition coefficient (Wildman–Crippen LogP) is 1.59. The molecule has 18 heavy (non-hydrogen) atoms. The molecule has 1 aromatic carbocycles. The number of carbonyl (C=O) groups is 1. The molecule has 2 N–H and O–H groups in total. The number of carbonyl (C=O) groups excluding carboxylic acids is 1. The maximum absolute atomic E-state index is 12.3. The summed E-state index contributed by atoms with van der Waals surface area (Å²) in [5.41, 5.74) is 6.83. The number of nitrogens with zero attached hydrogens (tertiary/aromatic N) is 2. The molecule has 0 spiro atoms. The Morgan fingerprint density at radius 3 is 2.67 bits per heavy atom. The standard InChI is InChI=1S/C14H17N3O/c15-9-4-10-17(12-7-8-12)14(18)13(16)11-5-2-1-3-6-11/h1-3,5-6,12-13H,4,7-8,10,16H2/t13-/m0/s1. The normalized spacial score (nSPS) is 15.8. The lowest BCUT2D eigenvalue weighted by Gasteiger charge is -2.24. The van der Waals surface area contributed by atoms with Gasteiger partial charge in [0.25, 0.3) is 0 Å². The van der Waals surface area contributed by atoms with Crippen molar-refractivity contribution in [1.82, 2.24) is 4.90 Å². The van der Waals surface area contributed by atoms with Gasteiger partial charge < -0.3 is 10.6 Å². The molecule has 4 heteroatoms. The number of amides is 1. The van der Waals surface area contributed by atoms with Gasteiger partial charge >= 0.3 is 0 Å². The molecule has 4 nitrogen and oxygen atoms in total. The maximum Gasteiger partial charge on any atom is 0.244 e. The van der Waals surface area contributed by atoms with E-state index in [1.807, 2.05) is 30.3 Å². The number of hydrogen-bond donors (Lipinski definition) is 1. The summed E-state index contributed by atoms with van der Waals surface area (Å²) in [6, 6.07) is 11.1. The first kappa shape index (κ1) is 12.6. The number of benzene rings is 1. The minimum atomic E-state index is -0.620. The quantitative estimate of drug-likeness (QED) is 0.853. The summed E-state index contributed by atoms with van der Waals surface area (Å²) in [7, 11) is 0. The summed E-state index contributed by atoms with van der Waals surface area (Å²) in [5, 5.41) is 8.64. The zero-order valence-electron chi connectivity index (χ0n) is 10.2. The number of nitriles is 1. The Morgan fingerprint density at radius 1 is 1.44 bits per heavy atom. The van der Waals surface area contributed by atoms with E-state index in [2.05, 4.69) is 6.07 Å². The van der Waals surface area contributed by atoms with E-state index >= 15 is 0 Å². The van der Waals surface area contributed by atoms with Crippen LogP contribution in [0, 0.1) is 11.3 Å². The highest BCUT2D eigenvalue weighted by Gasteiger charge is 2.34. The van der Waals surface area contributed by atoms with Crippen molar-refractivity contribution in [3.63, 3.8) is 0 Å². The van der Waals surface area contributed by atoms with Crippen molar-refractivity contribution in [2.45, 2.75) is 31.3 Å². The van der Waals surface area contributed by atoms with Crippen molar-refractivity contribution in [2.24, 2.45) is 5.73 Å². The van der Waals surface area contributed by atoms with E-state index in [4.69, 9.17) is 11.0 Å². The molecule has 0 aromatic heterocycles. The Morgan fingerprint density at radius 2 is 2.11 bits per heavy atom. The molecule has 1 aliphatic rings. The monoisotopic (exact) mass is 243 g/mol. The summed E-state index contributed by atoms with van der Waals surface area (Å²) < 4.78 is 0. The number of hydrogen-bond acceptors (Lipinski definition) is 3. The molecule has 0 unspecified atom stereocenters. The lowest BCUT2D eigenvalue weighted by Crippen LogP contribution is -2.40. The third kappa shape index (κ3) is 2.88. The highest BCUT2D eigenvalue weighted by molar-refractivity contribution is 5.83. The molecular formula is C14H17N3O. The SMILES string of the molecule is N#CCCN(C(=O)[C@@H](N)c1ccccc1)C1CC1. The van der Waals surface area contributed by atoms with Gasteiger partial charge in [-0.3, -0.25) is 4.79 Å². The Balaban J connectivity index is 2.06. The third-order valence-electron chi connectivity index (χ3n) is 3.16. The lowest BCUT2D eigenvalue weighted by molar-refractivity contribution is -0.133. The van der Waals surface area contributed by atoms with Crippen molar-refractivity contribution < 1.29 is 4.79 Å². The average molecular weight is 243 g/mol. The van der Waals surface area contributed by atoms with Crippen LogP contribution in [0.5, 0.6) is 0 Å². The second-order valence-corrected chi connectivity index (χ2v) is 4.56. The highest BCUT2D eigenvalue weighted by atomic mass is 16.2. The first-order valence-electron chi connectivity index (χ1n) is 6.22. The fourth-order valence-electron chi connectivity index (χ4n) is 2.01. The molecule has 1 atom stereocenters. The van der Waals surface area contributed by atoms with Gasteiger partial charge in [0.15, 0.2) is 0 Å². The fourth-order valence-corrected chi connectivity index (χ4v) is 2.01. The van der Waals surface area contributed by atoms with Gasteiger partial charge in [-0.15, -0.1) is 0 Å². The summed E-state index contributed by atoms with van der Waals surface area (Å²) in [4.78, 5) is 14.1. The summed E-state index contributed by atoms with van der Waals surface area (Å²) in [6.07, 6.45) is 2.42. The van der Waals surface area contributed by atoms with Gasteiger partial charge in [-0.25, -0.2) is 0 Å². The van der Waals surface area contributed by atoms with Crippen LogP contribution in [-0.4, -0.2) is 23.4 Å². The summed E-state index contributed by atoms with van der Waals surface area (Å²) in [5.74, 6) is -0.0704. The van der Waals surface area contributed by atoms with Crippen LogP contribution in [0.25, 0.3) is 0 Å². The summed E-state index contributed by atoms with van der Waals surface area (Å²) in [6.45, 7) is 0.487. The Hall–Kier alpha value is -1.86. The molecule has 0 aliphatic heterocycles. The first-order valence-corrected chi connectivity index (χ1v) is 6.22. The van der Waals surface area contributed by atoms with Gasteiger partial charge in [-0.1, -0.05) is 30.3 Å². The van der Waals surface area contributed by atoms with Crippen LogP contribution < -0.4 is 5.73 Å². The molecule has 1 aromatic rings. The van der Waals surface area contributed by atoms with Crippen molar-refractivity contribution >= 4 is 5.91 Å². The van der Waals surface area contributed by atoms with E-state index in [0.29, 0.717) is 19.0 Å². The van der Waals surface area contributed by atoms with Crippen LogP contribution >= 0.6 is 0 Å². The molecule has 0 radical (unpaired) electrons. The zero-order valence-corrected chi connectivity index (χ0v) is 10.2. The van der Waals surface area contributed by atoms with E-state index in [1.165, 1.54) is 0 Å². The third-order valence-corrected chi connectivity index (χ3v) is 3.16. The predicted molar refractivity (Wildman–Crippen MR) is 68.3 cm³/mol. The van der Waals surface area contributed by atoms with Gasteiger partial charge in [0, 0.05) is 12.6 Å². The van der Waals surface area contributed by atoms with Crippen molar-refractivity contribution in [3.8, 4) is 6.07 Å². The number of nitrogens with two attached hydrogens (primary N) is 1. The molecule has 94 valence electrons. The van der Waals surface area contributed by atoms with E-state index in [0.717, 1.165) is 18.4 Å². The minimum Gasteiger partial charge on any atom is -0.337 e. The van der Waals surface area contributed by atoms with Gasteiger partial charge in [0.05, 0.1) is 12.5 Å². The van der Waals surface area contributed by atoms with Crippen LogP contribution in [0.4, 0.5) is 0 Å².